The van der Waals surface area contributed by atoms with Crippen molar-refractivity contribution in [2.45, 2.75) is 12.5 Å². The lowest BCUT2D eigenvalue weighted by atomic mass is 10.2. The summed E-state index contributed by atoms with van der Waals surface area (Å²) in [6, 6.07) is 0. The van der Waals surface area contributed by atoms with Gasteiger partial charge >= 0.3 is 10.4 Å². The van der Waals surface area contributed by atoms with Crippen LogP contribution in [0.25, 0.3) is 0 Å². The standard InChI is InChI=1S/C6H8O4S/c7-11(8,9)10-6-4-2-1-3-5-6/h2-6H,1H2,(H,7,8,9). The number of hydrogen-bond acceptors (Lipinski definition) is 3. The van der Waals surface area contributed by atoms with Crippen LogP contribution in [0, 0.1) is 0 Å². The van der Waals surface area contributed by atoms with Gasteiger partial charge in [0.05, 0.1) is 0 Å². The molecule has 0 aromatic rings. The van der Waals surface area contributed by atoms with Gasteiger partial charge in [0.25, 0.3) is 0 Å². The van der Waals surface area contributed by atoms with Gasteiger partial charge in [0.1, 0.15) is 6.10 Å². The Balaban J connectivity index is 2.57. The molecule has 5 heteroatoms. The Labute approximate surface area is 65.1 Å². The van der Waals surface area contributed by atoms with Crippen molar-refractivity contribution >= 4 is 10.4 Å². The zero-order valence-electron chi connectivity index (χ0n) is 5.67. The quantitative estimate of drug-likeness (QED) is 0.496. The van der Waals surface area contributed by atoms with E-state index in [2.05, 4.69) is 4.18 Å². The summed E-state index contributed by atoms with van der Waals surface area (Å²) >= 11 is 0. The minimum atomic E-state index is -4.33. The topological polar surface area (TPSA) is 63.6 Å². The summed E-state index contributed by atoms with van der Waals surface area (Å²) in [5, 5.41) is 0. The Bertz CT molecular complexity index is 263. The van der Waals surface area contributed by atoms with Gasteiger partial charge in [-0.2, -0.15) is 8.42 Å². The van der Waals surface area contributed by atoms with E-state index in [4.69, 9.17) is 4.55 Å². The van der Waals surface area contributed by atoms with Gasteiger partial charge in [-0.1, -0.05) is 24.3 Å². The monoisotopic (exact) mass is 176 g/mol. The predicted molar refractivity (Wildman–Crippen MR) is 39.3 cm³/mol. The second-order valence-corrected chi connectivity index (χ2v) is 3.13. The lowest BCUT2D eigenvalue weighted by molar-refractivity contribution is 0.252. The molecule has 1 rings (SSSR count). The molecule has 1 aliphatic rings. The molecule has 0 bridgehead atoms. The van der Waals surface area contributed by atoms with Gasteiger partial charge in [-0.3, -0.25) is 4.55 Å². The van der Waals surface area contributed by atoms with Gasteiger partial charge in [-0.25, -0.2) is 4.18 Å². The van der Waals surface area contributed by atoms with Crippen molar-refractivity contribution in [1.29, 1.82) is 0 Å². The van der Waals surface area contributed by atoms with Crippen molar-refractivity contribution in [3.63, 3.8) is 0 Å². The fraction of sp³-hybridized carbons (Fsp3) is 0.333. The highest BCUT2D eigenvalue weighted by molar-refractivity contribution is 7.80. The molecule has 1 N–H and O–H groups in total. The van der Waals surface area contributed by atoms with E-state index in [1.165, 1.54) is 0 Å². The molecular weight excluding hydrogens is 168 g/mol. The molecule has 0 aliphatic heterocycles. The van der Waals surface area contributed by atoms with Crippen LogP contribution >= 0.6 is 0 Å². The zero-order chi connectivity index (χ0) is 8.32. The summed E-state index contributed by atoms with van der Waals surface area (Å²) < 4.78 is 32.8. The second-order valence-electron chi connectivity index (χ2n) is 2.08. The van der Waals surface area contributed by atoms with Gasteiger partial charge in [0, 0.05) is 0 Å². The second kappa shape index (κ2) is 3.17. The Kier molecular flexibility index (Phi) is 2.43. The van der Waals surface area contributed by atoms with Crippen LogP contribution in [-0.2, 0) is 14.6 Å². The van der Waals surface area contributed by atoms with Gasteiger partial charge in [-0.05, 0) is 6.42 Å². The predicted octanol–water partition coefficient (Wildman–Crippen LogP) is 0.691. The normalized spacial score (nSPS) is 19.0. The SMILES string of the molecule is O=S(=O)(O)OC1C=CCC=C1. The molecule has 0 unspecified atom stereocenters. The molecule has 0 aromatic carbocycles. The molecule has 0 spiro atoms. The minimum Gasteiger partial charge on any atom is -0.264 e. The van der Waals surface area contributed by atoms with E-state index in [9.17, 15) is 8.42 Å². The summed E-state index contributed by atoms with van der Waals surface area (Å²) in [5.41, 5.74) is 0. The van der Waals surface area contributed by atoms with E-state index in [1.54, 1.807) is 24.3 Å². The molecule has 1 aliphatic carbocycles. The molecule has 0 aromatic heterocycles. The minimum absolute atomic E-state index is 0.654. The Hall–Kier alpha value is -0.650. The first-order chi connectivity index (χ1) is 5.08. The number of hydrogen-bond donors (Lipinski definition) is 1. The van der Waals surface area contributed by atoms with Crippen molar-refractivity contribution in [3.8, 4) is 0 Å². The summed E-state index contributed by atoms with van der Waals surface area (Å²) in [5.74, 6) is 0. The lowest BCUT2D eigenvalue weighted by Gasteiger charge is -2.08. The molecule has 0 atom stereocenters. The maximum absolute atomic E-state index is 10.2. The van der Waals surface area contributed by atoms with Gasteiger partial charge in [-0.15, -0.1) is 0 Å². The molecule has 0 saturated carbocycles. The maximum Gasteiger partial charge on any atom is 0.398 e. The highest BCUT2D eigenvalue weighted by Crippen LogP contribution is 2.07. The molecule has 0 fully saturated rings. The van der Waals surface area contributed by atoms with E-state index in [1.807, 2.05) is 0 Å². The smallest absolute Gasteiger partial charge is 0.264 e. The average Bonchev–Trinajstić information content (AvgIpc) is 1.85. The van der Waals surface area contributed by atoms with Crippen molar-refractivity contribution in [2.75, 3.05) is 0 Å². The van der Waals surface area contributed by atoms with E-state index in [-0.39, 0.29) is 0 Å². The maximum atomic E-state index is 10.2. The van der Waals surface area contributed by atoms with E-state index >= 15 is 0 Å². The molecule has 0 heterocycles. The first-order valence-electron chi connectivity index (χ1n) is 3.07. The van der Waals surface area contributed by atoms with Crippen LogP contribution in [0.4, 0.5) is 0 Å². The lowest BCUT2D eigenvalue weighted by Crippen LogP contribution is -2.14. The highest BCUT2D eigenvalue weighted by Gasteiger charge is 2.11. The largest absolute Gasteiger partial charge is 0.398 e. The zero-order valence-corrected chi connectivity index (χ0v) is 6.49. The van der Waals surface area contributed by atoms with Crippen LogP contribution in [0.3, 0.4) is 0 Å². The Morgan fingerprint density at radius 2 is 1.91 bits per heavy atom. The van der Waals surface area contributed by atoms with Crippen LogP contribution in [0.2, 0.25) is 0 Å². The van der Waals surface area contributed by atoms with Gasteiger partial charge < -0.3 is 0 Å². The molecule has 4 nitrogen and oxygen atoms in total. The average molecular weight is 176 g/mol. The van der Waals surface area contributed by atoms with Crippen LogP contribution in [0.1, 0.15) is 6.42 Å². The fourth-order valence-electron chi connectivity index (χ4n) is 0.773. The Morgan fingerprint density at radius 3 is 2.36 bits per heavy atom. The van der Waals surface area contributed by atoms with Crippen LogP contribution < -0.4 is 0 Å². The van der Waals surface area contributed by atoms with Crippen molar-refractivity contribution in [2.24, 2.45) is 0 Å². The summed E-state index contributed by atoms with van der Waals surface area (Å²) in [4.78, 5) is 0. The molecule has 11 heavy (non-hydrogen) atoms. The van der Waals surface area contributed by atoms with E-state index in [0.29, 0.717) is 0 Å². The number of rotatable bonds is 2. The molecule has 0 amide bonds. The van der Waals surface area contributed by atoms with Crippen LogP contribution in [-0.4, -0.2) is 19.1 Å². The number of allylic oxidation sites excluding steroid dienone is 2. The van der Waals surface area contributed by atoms with E-state index < -0.39 is 16.5 Å². The van der Waals surface area contributed by atoms with Crippen molar-refractivity contribution in [1.82, 2.24) is 0 Å². The summed E-state index contributed by atoms with van der Waals surface area (Å²) in [6.07, 6.45) is 6.76. The molecular formula is C6H8O4S. The third-order valence-electron chi connectivity index (χ3n) is 1.16. The third-order valence-corrected chi connectivity index (χ3v) is 1.62. The van der Waals surface area contributed by atoms with Gasteiger partial charge in [0.15, 0.2) is 0 Å². The fourth-order valence-corrected chi connectivity index (χ4v) is 1.18. The Morgan fingerprint density at radius 1 is 1.36 bits per heavy atom. The molecule has 0 radical (unpaired) electrons. The molecule has 62 valence electrons. The first-order valence-corrected chi connectivity index (χ1v) is 4.43. The van der Waals surface area contributed by atoms with E-state index in [0.717, 1.165) is 6.42 Å². The third kappa shape index (κ3) is 3.31. The van der Waals surface area contributed by atoms with Crippen molar-refractivity contribution < 1.29 is 17.2 Å². The van der Waals surface area contributed by atoms with Crippen LogP contribution in [0.5, 0.6) is 0 Å². The van der Waals surface area contributed by atoms with Crippen LogP contribution in [0.15, 0.2) is 24.3 Å². The summed E-state index contributed by atoms with van der Waals surface area (Å²) in [7, 11) is -4.33. The van der Waals surface area contributed by atoms with Gasteiger partial charge in [0.2, 0.25) is 0 Å². The molecule has 0 saturated heterocycles. The first kappa shape index (κ1) is 8.45. The highest BCUT2D eigenvalue weighted by atomic mass is 32.3. The van der Waals surface area contributed by atoms with Crippen molar-refractivity contribution in [3.05, 3.63) is 24.3 Å². The summed E-state index contributed by atoms with van der Waals surface area (Å²) in [6.45, 7) is 0.